The number of rotatable bonds is 2. The molecule has 0 saturated carbocycles. The van der Waals surface area contributed by atoms with Crippen LogP contribution in [0.1, 0.15) is 23.4 Å². The Morgan fingerprint density at radius 1 is 1.44 bits per heavy atom. The van der Waals surface area contributed by atoms with Crippen molar-refractivity contribution >= 4 is 22.4 Å². The first-order valence-electron chi connectivity index (χ1n) is 5.49. The lowest BCUT2D eigenvalue weighted by Crippen LogP contribution is -2.36. The number of anilines is 1. The molecule has 0 atom stereocenters. The summed E-state index contributed by atoms with van der Waals surface area (Å²) >= 11 is 1.70. The second kappa shape index (κ2) is 4.41. The van der Waals surface area contributed by atoms with Crippen molar-refractivity contribution in [2.75, 3.05) is 18.0 Å². The topological polar surface area (TPSA) is 53.4 Å². The first-order chi connectivity index (χ1) is 7.58. The van der Waals surface area contributed by atoms with Gasteiger partial charge in [-0.3, -0.25) is 4.79 Å². The Labute approximate surface area is 98.9 Å². The van der Waals surface area contributed by atoms with Gasteiger partial charge in [-0.2, -0.15) is 0 Å². The van der Waals surface area contributed by atoms with E-state index in [0.29, 0.717) is 0 Å². The molecule has 1 aliphatic rings. The molecule has 0 amide bonds. The Balaban J connectivity index is 2.01. The number of aliphatic carboxylic acids is 1. The van der Waals surface area contributed by atoms with Gasteiger partial charge in [-0.15, -0.1) is 11.3 Å². The molecule has 0 spiro atoms. The highest BCUT2D eigenvalue weighted by molar-refractivity contribution is 7.15. The molecular weight excluding hydrogens is 224 g/mol. The minimum atomic E-state index is -0.661. The molecule has 4 nitrogen and oxygen atoms in total. The van der Waals surface area contributed by atoms with Crippen molar-refractivity contribution in [3.8, 4) is 0 Å². The number of piperidine rings is 1. The molecule has 1 aromatic heterocycles. The van der Waals surface area contributed by atoms with Crippen LogP contribution in [-0.4, -0.2) is 29.1 Å². The summed E-state index contributed by atoms with van der Waals surface area (Å²) in [5, 5.41) is 9.95. The lowest BCUT2D eigenvalue weighted by atomic mass is 9.98. The summed E-state index contributed by atoms with van der Waals surface area (Å²) in [5.74, 6) is -0.829. The third kappa shape index (κ3) is 2.19. The van der Waals surface area contributed by atoms with E-state index < -0.39 is 5.97 Å². The Morgan fingerprint density at radius 3 is 2.50 bits per heavy atom. The average molecular weight is 240 g/mol. The van der Waals surface area contributed by atoms with Gasteiger partial charge in [0.25, 0.3) is 0 Å². The fourth-order valence-corrected chi connectivity index (χ4v) is 2.87. The molecule has 2 heterocycles. The van der Waals surface area contributed by atoms with E-state index >= 15 is 0 Å². The second-order valence-corrected chi connectivity index (χ2v) is 5.42. The van der Waals surface area contributed by atoms with Crippen LogP contribution in [0.3, 0.4) is 0 Å². The van der Waals surface area contributed by atoms with Gasteiger partial charge in [0.05, 0.1) is 11.6 Å². The van der Waals surface area contributed by atoms with Gasteiger partial charge >= 0.3 is 5.97 Å². The minimum Gasteiger partial charge on any atom is -0.481 e. The maximum Gasteiger partial charge on any atom is 0.306 e. The Hall–Kier alpha value is -1.10. The molecule has 1 fully saturated rings. The number of carboxylic acids is 1. The molecule has 1 N–H and O–H groups in total. The summed E-state index contributed by atoms with van der Waals surface area (Å²) in [6.45, 7) is 5.70. The summed E-state index contributed by atoms with van der Waals surface area (Å²) < 4.78 is 0. The van der Waals surface area contributed by atoms with Crippen molar-refractivity contribution in [2.24, 2.45) is 5.92 Å². The molecule has 0 bridgehead atoms. The van der Waals surface area contributed by atoms with Gasteiger partial charge in [0.15, 0.2) is 5.13 Å². The number of aryl methyl sites for hydroxylation is 2. The summed E-state index contributed by atoms with van der Waals surface area (Å²) in [4.78, 5) is 18.8. The van der Waals surface area contributed by atoms with Crippen LogP contribution < -0.4 is 4.90 Å². The van der Waals surface area contributed by atoms with Gasteiger partial charge in [-0.25, -0.2) is 4.98 Å². The zero-order valence-corrected chi connectivity index (χ0v) is 10.4. The highest BCUT2D eigenvalue weighted by atomic mass is 32.1. The lowest BCUT2D eigenvalue weighted by Gasteiger charge is -2.29. The first kappa shape index (κ1) is 11.4. The normalized spacial score (nSPS) is 17.8. The number of carboxylic acid groups (broad SMARTS) is 1. The van der Waals surface area contributed by atoms with E-state index in [1.807, 2.05) is 6.92 Å². The third-order valence-corrected chi connectivity index (χ3v) is 4.27. The van der Waals surface area contributed by atoms with Gasteiger partial charge in [0, 0.05) is 18.0 Å². The van der Waals surface area contributed by atoms with Crippen molar-refractivity contribution < 1.29 is 9.90 Å². The van der Waals surface area contributed by atoms with E-state index in [1.54, 1.807) is 11.3 Å². The number of thiazole rings is 1. The molecule has 1 aliphatic heterocycles. The predicted octanol–water partition coefficient (Wildman–Crippen LogP) is 2.06. The van der Waals surface area contributed by atoms with Gasteiger partial charge in [-0.1, -0.05) is 0 Å². The van der Waals surface area contributed by atoms with Crippen molar-refractivity contribution in [1.29, 1.82) is 0 Å². The zero-order valence-electron chi connectivity index (χ0n) is 9.56. The standard InChI is InChI=1S/C11H16N2O2S/c1-7-8(2)16-11(12-7)13-5-3-9(4-6-13)10(14)15/h9H,3-6H2,1-2H3,(H,14,15). The summed E-state index contributed by atoms with van der Waals surface area (Å²) in [5.41, 5.74) is 1.08. The van der Waals surface area contributed by atoms with Crippen molar-refractivity contribution in [1.82, 2.24) is 4.98 Å². The van der Waals surface area contributed by atoms with E-state index in [1.165, 1.54) is 4.88 Å². The predicted molar refractivity (Wildman–Crippen MR) is 64.2 cm³/mol. The van der Waals surface area contributed by atoms with Crippen LogP contribution in [0.2, 0.25) is 0 Å². The molecular formula is C11H16N2O2S. The van der Waals surface area contributed by atoms with E-state index in [4.69, 9.17) is 5.11 Å². The molecule has 88 valence electrons. The van der Waals surface area contributed by atoms with Crippen LogP contribution >= 0.6 is 11.3 Å². The third-order valence-electron chi connectivity index (χ3n) is 3.13. The number of carbonyl (C=O) groups is 1. The summed E-state index contributed by atoms with van der Waals surface area (Å²) in [7, 11) is 0. The fourth-order valence-electron chi connectivity index (χ4n) is 1.91. The largest absolute Gasteiger partial charge is 0.481 e. The lowest BCUT2D eigenvalue weighted by molar-refractivity contribution is -0.142. The Kier molecular flexibility index (Phi) is 3.14. The molecule has 0 aliphatic carbocycles. The fraction of sp³-hybridized carbons (Fsp3) is 0.636. The molecule has 0 unspecified atom stereocenters. The molecule has 5 heteroatoms. The van der Waals surface area contributed by atoms with Crippen molar-refractivity contribution in [3.05, 3.63) is 10.6 Å². The molecule has 1 saturated heterocycles. The second-order valence-electron chi connectivity index (χ2n) is 4.24. The highest BCUT2D eigenvalue weighted by Crippen LogP contribution is 2.28. The minimum absolute atomic E-state index is 0.168. The molecule has 0 radical (unpaired) electrons. The zero-order chi connectivity index (χ0) is 11.7. The molecule has 16 heavy (non-hydrogen) atoms. The number of nitrogens with zero attached hydrogens (tertiary/aromatic N) is 2. The quantitative estimate of drug-likeness (QED) is 0.859. The van der Waals surface area contributed by atoms with Crippen LogP contribution in [0.25, 0.3) is 0 Å². The number of hydrogen-bond acceptors (Lipinski definition) is 4. The molecule has 1 aromatic rings. The first-order valence-corrected chi connectivity index (χ1v) is 6.31. The van der Waals surface area contributed by atoms with Gasteiger partial charge < -0.3 is 10.0 Å². The average Bonchev–Trinajstić information content (AvgIpc) is 2.59. The van der Waals surface area contributed by atoms with Gasteiger partial charge in [0.2, 0.25) is 0 Å². The van der Waals surface area contributed by atoms with Crippen molar-refractivity contribution in [3.63, 3.8) is 0 Å². The van der Waals surface area contributed by atoms with E-state index in [-0.39, 0.29) is 5.92 Å². The molecule has 2 rings (SSSR count). The van der Waals surface area contributed by atoms with Crippen LogP contribution in [-0.2, 0) is 4.79 Å². The van der Waals surface area contributed by atoms with E-state index in [9.17, 15) is 4.79 Å². The van der Waals surface area contributed by atoms with E-state index in [2.05, 4.69) is 16.8 Å². The number of hydrogen-bond donors (Lipinski definition) is 1. The van der Waals surface area contributed by atoms with Crippen LogP contribution in [0, 0.1) is 19.8 Å². The summed E-state index contributed by atoms with van der Waals surface area (Å²) in [6.07, 6.45) is 1.46. The van der Waals surface area contributed by atoms with Gasteiger partial charge in [-0.05, 0) is 26.7 Å². The maximum atomic E-state index is 10.8. The van der Waals surface area contributed by atoms with Crippen LogP contribution in [0.15, 0.2) is 0 Å². The van der Waals surface area contributed by atoms with E-state index in [0.717, 1.165) is 36.8 Å². The van der Waals surface area contributed by atoms with Crippen LogP contribution in [0.5, 0.6) is 0 Å². The summed E-state index contributed by atoms with van der Waals surface area (Å²) in [6, 6.07) is 0. The SMILES string of the molecule is Cc1nc(N2CCC(C(=O)O)CC2)sc1C. The maximum absolute atomic E-state index is 10.8. The highest BCUT2D eigenvalue weighted by Gasteiger charge is 2.25. The smallest absolute Gasteiger partial charge is 0.306 e. The Bertz CT molecular complexity index is 375. The van der Waals surface area contributed by atoms with Crippen molar-refractivity contribution in [2.45, 2.75) is 26.7 Å². The van der Waals surface area contributed by atoms with Gasteiger partial charge in [0.1, 0.15) is 0 Å². The Morgan fingerprint density at radius 2 is 2.06 bits per heavy atom. The van der Waals surface area contributed by atoms with Crippen LogP contribution in [0.4, 0.5) is 5.13 Å². The monoisotopic (exact) mass is 240 g/mol. The molecule has 0 aromatic carbocycles. The number of aromatic nitrogens is 1.